The van der Waals surface area contributed by atoms with E-state index >= 15 is 0 Å². The van der Waals surface area contributed by atoms with Crippen molar-refractivity contribution >= 4 is 23.0 Å². The van der Waals surface area contributed by atoms with Gasteiger partial charge in [-0.25, -0.2) is 0 Å². The van der Waals surface area contributed by atoms with Crippen LogP contribution in [0.1, 0.15) is 42.3 Å². The van der Waals surface area contributed by atoms with Crippen LogP contribution < -0.4 is 5.32 Å². The lowest BCUT2D eigenvalue weighted by molar-refractivity contribution is -0.384. The summed E-state index contributed by atoms with van der Waals surface area (Å²) in [7, 11) is 0. The van der Waals surface area contributed by atoms with Gasteiger partial charge in [-0.2, -0.15) is 0 Å². The molecule has 2 aliphatic carbocycles. The number of fused-ring (bicyclic) bond motifs is 7. The second-order valence-corrected chi connectivity index (χ2v) is 8.08. The zero-order valence-corrected chi connectivity index (χ0v) is 14.4. The molecule has 2 saturated carbocycles. The van der Waals surface area contributed by atoms with Crippen LogP contribution in [0.4, 0.5) is 11.4 Å². The van der Waals surface area contributed by atoms with Crippen molar-refractivity contribution in [2.75, 3.05) is 5.32 Å². The smallest absolute Gasteiger partial charge is 0.269 e. The largest absolute Gasteiger partial charge is 0.378 e. The SMILES string of the molecule is O=[N+]([O-])c1ccc2c(c1)[C@@H]1[C@H]3CC[C@@H](C3)[C@@H]1[C@@H](c1cccc(Cl)c1)N2. The van der Waals surface area contributed by atoms with E-state index in [-0.39, 0.29) is 16.7 Å². The van der Waals surface area contributed by atoms with Crippen LogP contribution in [0.2, 0.25) is 5.02 Å². The molecule has 0 saturated heterocycles. The number of rotatable bonds is 2. The Morgan fingerprint density at radius 3 is 2.76 bits per heavy atom. The number of nitrogens with zero attached hydrogens (tertiary/aromatic N) is 1. The zero-order chi connectivity index (χ0) is 17.1. The lowest BCUT2D eigenvalue weighted by atomic mass is 9.68. The lowest BCUT2D eigenvalue weighted by Crippen LogP contribution is -2.35. The van der Waals surface area contributed by atoms with Crippen molar-refractivity contribution in [2.45, 2.75) is 31.2 Å². The Hall–Kier alpha value is -2.07. The summed E-state index contributed by atoms with van der Waals surface area (Å²) in [6, 6.07) is 13.6. The van der Waals surface area contributed by atoms with Gasteiger partial charge in [0.25, 0.3) is 5.69 Å². The van der Waals surface area contributed by atoms with Gasteiger partial charge in [0.2, 0.25) is 0 Å². The van der Waals surface area contributed by atoms with Gasteiger partial charge < -0.3 is 5.32 Å². The van der Waals surface area contributed by atoms with Crippen molar-refractivity contribution in [1.29, 1.82) is 0 Å². The van der Waals surface area contributed by atoms with E-state index in [0.717, 1.165) is 16.3 Å². The Labute approximate surface area is 151 Å². The predicted molar refractivity (Wildman–Crippen MR) is 98.0 cm³/mol. The number of hydrogen-bond acceptors (Lipinski definition) is 3. The second-order valence-electron chi connectivity index (χ2n) is 7.64. The van der Waals surface area contributed by atoms with E-state index in [1.807, 2.05) is 18.2 Å². The van der Waals surface area contributed by atoms with Crippen LogP contribution in [0, 0.1) is 27.9 Å². The topological polar surface area (TPSA) is 55.2 Å². The first-order valence-corrected chi connectivity index (χ1v) is 9.30. The number of nitro benzene ring substituents is 1. The standard InChI is InChI=1S/C20H19ClN2O2/c21-14-3-1-2-13(9-14)20-19-12-5-4-11(8-12)18(19)16-10-15(23(24)25)6-7-17(16)22-20/h1-3,6-7,9-12,18-20,22H,4-5,8H2/t11-,12-,18-,19-,20+/m0/s1. The Bertz CT molecular complexity index is 869. The third-order valence-corrected chi connectivity index (χ3v) is 6.72. The summed E-state index contributed by atoms with van der Waals surface area (Å²) in [6.07, 6.45) is 3.77. The molecule has 5 atom stereocenters. The van der Waals surface area contributed by atoms with E-state index in [1.54, 1.807) is 12.1 Å². The minimum Gasteiger partial charge on any atom is -0.378 e. The van der Waals surface area contributed by atoms with Crippen LogP contribution in [-0.4, -0.2) is 4.92 Å². The van der Waals surface area contributed by atoms with E-state index < -0.39 is 0 Å². The number of benzene rings is 2. The fourth-order valence-corrected chi connectivity index (χ4v) is 5.82. The van der Waals surface area contributed by atoms with Crippen molar-refractivity contribution in [3.8, 4) is 0 Å². The first-order valence-electron chi connectivity index (χ1n) is 8.92. The fraction of sp³-hybridized carbons (Fsp3) is 0.400. The number of nitrogens with one attached hydrogen (secondary N) is 1. The van der Waals surface area contributed by atoms with Crippen molar-refractivity contribution in [3.05, 3.63) is 68.7 Å². The molecule has 5 heteroatoms. The molecule has 0 radical (unpaired) electrons. The normalized spacial score (nSPS) is 32.0. The molecule has 5 rings (SSSR count). The third kappa shape index (κ3) is 2.27. The second kappa shape index (κ2) is 5.46. The van der Waals surface area contributed by atoms with Gasteiger partial charge in [0.15, 0.2) is 0 Å². The first-order chi connectivity index (χ1) is 12.1. The molecule has 0 unspecified atom stereocenters. The van der Waals surface area contributed by atoms with Gasteiger partial charge in [-0.05, 0) is 72.3 Å². The maximum atomic E-state index is 11.2. The zero-order valence-electron chi connectivity index (χ0n) is 13.7. The summed E-state index contributed by atoms with van der Waals surface area (Å²) >= 11 is 6.24. The van der Waals surface area contributed by atoms with E-state index in [0.29, 0.717) is 23.7 Å². The molecule has 3 aliphatic rings. The highest BCUT2D eigenvalue weighted by Crippen LogP contribution is 2.63. The van der Waals surface area contributed by atoms with Crippen LogP contribution in [0.3, 0.4) is 0 Å². The molecular formula is C20H19ClN2O2. The van der Waals surface area contributed by atoms with Crippen LogP contribution in [0.5, 0.6) is 0 Å². The van der Waals surface area contributed by atoms with Gasteiger partial charge >= 0.3 is 0 Å². The molecule has 2 aromatic carbocycles. The number of hydrogen-bond donors (Lipinski definition) is 1. The van der Waals surface area contributed by atoms with Crippen molar-refractivity contribution in [1.82, 2.24) is 0 Å². The average Bonchev–Trinajstić information content (AvgIpc) is 3.22. The van der Waals surface area contributed by atoms with Gasteiger partial charge in [-0.15, -0.1) is 0 Å². The predicted octanol–water partition coefficient (Wildman–Crippen LogP) is 5.54. The summed E-state index contributed by atoms with van der Waals surface area (Å²) in [5.74, 6) is 2.25. The minimum absolute atomic E-state index is 0.197. The highest BCUT2D eigenvalue weighted by Gasteiger charge is 2.54. The molecule has 0 amide bonds. The van der Waals surface area contributed by atoms with Gasteiger partial charge in [-0.3, -0.25) is 10.1 Å². The first kappa shape index (κ1) is 15.2. The highest BCUT2D eigenvalue weighted by atomic mass is 35.5. The van der Waals surface area contributed by atoms with Crippen LogP contribution in [0.25, 0.3) is 0 Å². The van der Waals surface area contributed by atoms with Crippen molar-refractivity contribution < 1.29 is 4.92 Å². The molecule has 2 bridgehead atoms. The van der Waals surface area contributed by atoms with E-state index in [4.69, 9.17) is 11.6 Å². The molecule has 2 aromatic rings. The Morgan fingerprint density at radius 2 is 1.96 bits per heavy atom. The maximum Gasteiger partial charge on any atom is 0.269 e. The van der Waals surface area contributed by atoms with Crippen molar-refractivity contribution in [2.24, 2.45) is 17.8 Å². The fourth-order valence-electron chi connectivity index (χ4n) is 5.62. The van der Waals surface area contributed by atoms with Crippen LogP contribution in [0.15, 0.2) is 42.5 Å². The summed E-state index contributed by atoms with van der Waals surface area (Å²) in [5.41, 5.74) is 3.61. The van der Waals surface area contributed by atoms with Gasteiger partial charge in [0.1, 0.15) is 0 Å². The third-order valence-electron chi connectivity index (χ3n) is 6.49. The van der Waals surface area contributed by atoms with Crippen LogP contribution >= 0.6 is 11.6 Å². The minimum atomic E-state index is -0.286. The quantitative estimate of drug-likeness (QED) is 0.568. The monoisotopic (exact) mass is 354 g/mol. The maximum absolute atomic E-state index is 11.2. The molecule has 0 spiro atoms. The van der Waals surface area contributed by atoms with Crippen molar-refractivity contribution in [3.63, 3.8) is 0 Å². The molecule has 0 aromatic heterocycles. The Kier molecular flexibility index (Phi) is 3.32. The van der Waals surface area contributed by atoms with Gasteiger partial charge in [0.05, 0.1) is 11.0 Å². The molecule has 128 valence electrons. The molecule has 2 fully saturated rings. The lowest BCUT2D eigenvalue weighted by Gasteiger charge is -2.43. The van der Waals surface area contributed by atoms with E-state index in [1.165, 1.54) is 24.8 Å². The molecular weight excluding hydrogens is 336 g/mol. The molecule has 1 N–H and O–H groups in total. The van der Waals surface area contributed by atoms with Crippen LogP contribution in [-0.2, 0) is 0 Å². The highest BCUT2D eigenvalue weighted by molar-refractivity contribution is 6.30. The van der Waals surface area contributed by atoms with E-state index in [2.05, 4.69) is 17.4 Å². The number of anilines is 1. The number of halogens is 1. The summed E-state index contributed by atoms with van der Waals surface area (Å²) in [6.45, 7) is 0. The van der Waals surface area contributed by atoms with Gasteiger partial charge in [-0.1, -0.05) is 23.7 Å². The Balaban J connectivity index is 1.64. The summed E-state index contributed by atoms with van der Waals surface area (Å²) in [4.78, 5) is 10.9. The molecule has 25 heavy (non-hydrogen) atoms. The summed E-state index contributed by atoms with van der Waals surface area (Å²) < 4.78 is 0. The molecule has 1 heterocycles. The molecule has 1 aliphatic heterocycles. The number of nitro groups is 1. The molecule has 4 nitrogen and oxygen atoms in total. The number of non-ortho nitro benzene ring substituents is 1. The average molecular weight is 355 g/mol. The van der Waals surface area contributed by atoms with E-state index in [9.17, 15) is 10.1 Å². The Morgan fingerprint density at radius 1 is 1.12 bits per heavy atom. The summed E-state index contributed by atoms with van der Waals surface area (Å²) in [5, 5.41) is 15.7. The van der Waals surface area contributed by atoms with Gasteiger partial charge in [0, 0.05) is 22.8 Å².